The SMILES string of the molecule is CC(C)c1ccc(CCCN2CCOCC2)c(C(C)C)c1.CC(C)c1ccc(N2CCN(C)CC2)c(C(C)C)c1. The monoisotopic (exact) mass is 549 g/mol. The summed E-state index contributed by atoms with van der Waals surface area (Å²) in [5.41, 5.74) is 8.98. The predicted molar refractivity (Wildman–Crippen MR) is 175 cm³/mol. The smallest absolute Gasteiger partial charge is 0.0594 e. The van der Waals surface area contributed by atoms with Gasteiger partial charge < -0.3 is 14.5 Å². The molecule has 2 fully saturated rings. The number of anilines is 1. The van der Waals surface area contributed by atoms with Crippen molar-refractivity contribution in [2.75, 3.05) is 71.0 Å². The number of ether oxygens (including phenoxy) is 1. The van der Waals surface area contributed by atoms with E-state index in [9.17, 15) is 0 Å². The fourth-order valence-corrected chi connectivity index (χ4v) is 5.79. The van der Waals surface area contributed by atoms with E-state index in [-0.39, 0.29) is 0 Å². The molecule has 0 aliphatic carbocycles. The van der Waals surface area contributed by atoms with Crippen LogP contribution in [0.2, 0.25) is 0 Å². The Hall–Kier alpha value is -1.88. The first kappa shape index (κ1) is 32.6. The predicted octanol–water partition coefficient (Wildman–Crippen LogP) is 7.88. The Labute approximate surface area is 247 Å². The van der Waals surface area contributed by atoms with Gasteiger partial charge in [0.05, 0.1) is 13.2 Å². The second kappa shape index (κ2) is 15.9. The Bertz CT molecular complexity index is 1010. The molecule has 2 aliphatic rings. The van der Waals surface area contributed by atoms with E-state index in [0.717, 1.165) is 39.4 Å². The van der Waals surface area contributed by atoms with E-state index in [1.165, 1.54) is 54.9 Å². The Morgan fingerprint density at radius 1 is 0.650 bits per heavy atom. The molecule has 0 saturated carbocycles. The highest BCUT2D eigenvalue weighted by molar-refractivity contribution is 5.57. The fraction of sp³-hybridized carbons (Fsp3) is 0.667. The van der Waals surface area contributed by atoms with Gasteiger partial charge in [0, 0.05) is 45.0 Å². The van der Waals surface area contributed by atoms with Crippen molar-refractivity contribution in [2.24, 2.45) is 0 Å². The maximum atomic E-state index is 5.41. The number of piperazine rings is 1. The molecule has 40 heavy (non-hydrogen) atoms. The zero-order chi connectivity index (χ0) is 29.2. The van der Waals surface area contributed by atoms with Crippen LogP contribution >= 0.6 is 0 Å². The van der Waals surface area contributed by atoms with E-state index in [4.69, 9.17) is 4.74 Å². The second-order valence-electron chi connectivity index (χ2n) is 13.2. The van der Waals surface area contributed by atoms with Gasteiger partial charge in [-0.1, -0.05) is 85.7 Å². The van der Waals surface area contributed by atoms with Gasteiger partial charge in [-0.3, -0.25) is 4.90 Å². The number of nitrogens with zero attached hydrogens (tertiary/aromatic N) is 3. The molecule has 0 N–H and O–H groups in total. The summed E-state index contributed by atoms with van der Waals surface area (Å²) >= 11 is 0. The summed E-state index contributed by atoms with van der Waals surface area (Å²) < 4.78 is 5.41. The highest BCUT2D eigenvalue weighted by Crippen LogP contribution is 2.31. The average Bonchev–Trinajstić information content (AvgIpc) is 2.94. The van der Waals surface area contributed by atoms with Crippen molar-refractivity contribution in [3.63, 3.8) is 0 Å². The molecule has 2 heterocycles. The van der Waals surface area contributed by atoms with Gasteiger partial charge in [-0.15, -0.1) is 0 Å². The van der Waals surface area contributed by atoms with E-state index in [1.807, 2.05) is 0 Å². The van der Waals surface area contributed by atoms with E-state index in [2.05, 4.69) is 114 Å². The summed E-state index contributed by atoms with van der Waals surface area (Å²) in [4.78, 5) is 7.49. The number of benzene rings is 2. The number of hydrogen-bond donors (Lipinski definition) is 0. The number of morpholine rings is 1. The van der Waals surface area contributed by atoms with Gasteiger partial charge in [0.2, 0.25) is 0 Å². The van der Waals surface area contributed by atoms with Crippen molar-refractivity contribution in [3.05, 3.63) is 64.2 Å². The third-order valence-electron chi connectivity index (χ3n) is 8.67. The zero-order valence-electron chi connectivity index (χ0n) is 27.3. The summed E-state index contributed by atoms with van der Waals surface area (Å²) in [6.45, 7) is 28.2. The molecule has 2 aromatic carbocycles. The molecule has 0 unspecified atom stereocenters. The van der Waals surface area contributed by atoms with E-state index < -0.39 is 0 Å². The maximum Gasteiger partial charge on any atom is 0.0594 e. The number of hydrogen-bond acceptors (Lipinski definition) is 4. The molecule has 0 amide bonds. The quantitative estimate of drug-likeness (QED) is 0.317. The van der Waals surface area contributed by atoms with Gasteiger partial charge in [0.25, 0.3) is 0 Å². The van der Waals surface area contributed by atoms with Crippen LogP contribution in [0.1, 0.15) is 113 Å². The maximum absolute atomic E-state index is 5.41. The molecule has 4 heteroatoms. The highest BCUT2D eigenvalue weighted by atomic mass is 16.5. The fourth-order valence-electron chi connectivity index (χ4n) is 5.79. The Morgan fingerprint density at radius 3 is 1.75 bits per heavy atom. The number of rotatable bonds is 9. The molecule has 4 nitrogen and oxygen atoms in total. The minimum absolute atomic E-state index is 0.591. The third kappa shape index (κ3) is 9.60. The Morgan fingerprint density at radius 2 is 1.20 bits per heavy atom. The van der Waals surface area contributed by atoms with Crippen LogP contribution in [0.4, 0.5) is 5.69 Å². The van der Waals surface area contributed by atoms with Gasteiger partial charge in [0.1, 0.15) is 0 Å². The lowest BCUT2D eigenvalue weighted by Crippen LogP contribution is -2.44. The first-order valence-corrected chi connectivity index (χ1v) is 16.1. The summed E-state index contributed by atoms with van der Waals surface area (Å²) in [7, 11) is 2.21. The van der Waals surface area contributed by atoms with Crippen molar-refractivity contribution in [1.82, 2.24) is 9.80 Å². The minimum atomic E-state index is 0.591. The molecule has 0 bridgehead atoms. The van der Waals surface area contributed by atoms with Crippen LogP contribution in [0.25, 0.3) is 0 Å². The highest BCUT2D eigenvalue weighted by Gasteiger charge is 2.19. The molecule has 0 radical (unpaired) electrons. The lowest BCUT2D eigenvalue weighted by Gasteiger charge is -2.36. The number of aryl methyl sites for hydroxylation is 1. The molecule has 224 valence electrons. The molecular weight excluding hydrogens is 490 g/mol. The lowest BCUT2D eigenvalue weighted by molar-refractivity contribution is 0.0374. The zero-order valence-corrected chi connectivity index (χ0v) is 27.3. The summed E-state index contributed by atoms with van der Waals surface area (Å²) in [6, 6.07) is 14.2. The minimum Gasteiger partial charge on any atom is -0.379 e. The first-order chi connectivity index (χ1) is 19.1. The van der Waals surface area contributed by atoms with Crippen molar-refractivity contribution in [2.45, 2.75) is 91.9 Å². The van der Waals surface area contributed by atoms with Gasteiger partial charge >= 0.3 is 0 Å². The van der Waals surface area contributed by atoms with E-state index in [1.54, 1.807) is 11.1 Å². The van der Waals surface area contributed by atoms with Gasteiger partial charge in [0.15, 0.2) is 0 Å². The molecular formula is C36H59N3O. The van der Waals surface area contributed by atoms with Crippen molar-refractivity contribution in [3.8, 4) is 0 Å². The molecule has 0 atom stereocenters. The molecule has 0 aromatic heterocycles. The molecule has 2 saturated heterocycles. The van der Waals surface area contributed by atoms with E-state index >= 15 is 0 Å². The van der Waals surface area contributed by atoms with Crippen LogP contribution < -0.4 is 4.90 Å². The van der Waals surface area contributed by atoms with Crippen LogP contribution in [-0.4, -0.2) is 75.9 Å². The van der Waals surface area contributed by atoms with Crippen molar-refractivity contribution >= 4 is 5.69 Å². The largest absolute Gasteiger partial charge is 0.379 e. The van der Waals surface area contributed by atoms with Gasteiger partial charge in [-0.2, -0.15) is 0 Å². The van der Waals surface area contributed by atoms with Gasteiger partial charge in [-0.25, -0.2) is 0 Å². The Kier molecular flexibility index (Phi) is 13.0. The normalized spacial score (nSPS) is 17.2. The standard InChI is InChI=1S/C19H31NO.C17H28N2/c1-15(2)18-8-7-17(19(14-18)16(3)4)6-5-9-20-10-12-21-13-11-20;1-13(2)15-6-7-17(16(12-15)14(3)4)19-10-8-18(5)9-11-19/h7-8,14-16H,5-6,9-13H2,1-4H3;6-7,12-14H,8-11H2,1-5H3. The van der Waals surface area contributed by atoms with Crippen LogP contribution in [0.15, 0.2) is 36.4 Å². The van der Waals surface area contributed by atoms with Crippen LogP contribution in [0, 0.1) is 0 Å². The summed E-state index contributed by atoms with van der Waals surface area (Å²) in [6.07, 6.45) is 2.45. The molecule has 4 rings (SSSR count). The summed E-state index contributed by atoms with van der Waals surface area (Å²) in [5.74, 6) is 2.43. The van der Waals surface area contributed by atoms with Crippen molar-refractivity contribution < 1.29 is 4.74 Å². The Balaban J connectivity index is 0.000000222. The third-order valence-corrected chi connectivity index (χ3v) is 8.67. The van der Waals surface area contributed by atoms with Crippen LogP contribution in [0.3, 0.4) is 0 Å². The molecule has 0 spiro atoms. The number of likely N-dealkylation sites (N-methyl/N-ethyl adjacent to an activating group) is 1. The summed E-state index contributed by atoms with van der Waals surface area (Å²) in [5, 5.41) is 0. The molecule has 2 aliphatic heterocycles. The van der Waals surface area contributed by atoms with Gasteiger partial charge in [-0.05, 0) is 84.0 Å². The second-order valence-corrected chi connectivity index (χ2v) is 13.2. The lowest BCUT2D eigenvalue weighted by atomic mass is 9.90. The topological polar surface area (TPSA) is 19.0 Å². The molecule has 2 aromatic rings. The van der Waals surface area contributed by atoms with Crippen molar-refractivity contribution in [1.29, 1.82) is 0 Å². The van der Waals surface area contributed by atoms with Crippen LogP contribution in [0.5, 0.6) is 0 Å². The van der Waals surface area contributed by atoms with E-state index in [0.29, 0.717) is 23.7 Å². The average molecular weight is 550 g/mol. The van der Waals surface area contributed by atoms with Crippen LogP contribution in [-0.2, 0) is 11.2 Å². The first-order valence-electron chi connectivity index (χ1n) is 16.1.